The number of ether oxygens (including phenoxy) is 1. The Hall–Kier alpha value is -2.35. The van der Waals surface area contributed by atoms with E-state index < -0.39 is 0 Å². The number of halogens is 2. The van der Waals surface area contributed by atoms with E-state index in [1.807, 2.05) is 46.8 Å². The molecule has 1 N–H and O–H groups in total. The molecule has 1 fully saturated rings. The van der Waals surface area contributed by atoms with Gasteiger partial charge in [-0.25, -0.2) is 9.67 Å². The van der Waals surface area contributed by atoms with Crippen LogP contribution >= 0.6 is 24.8 Å². The summed E-state index contributed by atoms with van der Waals surface area (Å²) < 4.78 is 7.43. The predicted molar refractivity (Wildman–Crippen MR) is 127 cm³/mol. The van der Waals surface area contributed by atoms with Gasteiger partial charge in [-0.3, -0.25) is 4.79 Å². The van der Waals surface area contributed by atoms with E-state index >= 15 is 0 Å². The summed E-state index contributed by atoms with van der Waals surface area (Å²) in [5, 5.41) is 8.69. The van der Waals surface area contributed by atoms with E-state index in [0.29, 0.717) is 18.7 Å². The van der Waals surface area contributed by atoms with Gasteiger partial charge in [-0.1, -0.05) is 18.2 Å². The molecule has 1 amide bonds. The minimum atomic E-state index is -0.101. The third-order valence-electron chi connectivity index (χ3n) is 5.42. The van der Waals surface area contributed by atoms with E-state index in [-0.39, 0.29) is 42.8 Å². The first-order chi connectivity index (χ1) is 14.0. The molecule has 0 saturated carbocycles. The zero-order chi connectivity index (χ0) is 20.5. The molecule has 1 unspecified atom stereocenters. The average Bonchev–Trinajstić information content (AvgIpc) is 3.16. The SMILES string of the molecule is COc1ccccc1C1CNCCN1C(=O)c1cc(C)nc2c1cnn2C(C)C.Cl.Cl. The molecule has 0 spiro atoms. The van der Waals surface area contributed by atoms with Crippen molar-refractivity contribution in [1.82, 2.24) is 25.0 Å². The number of rotatable bonds is 4. The molecule has 3 aromatic rings. The first kappa shape index (κ1) is 24.9. The topological polar surface area (TPSA) is 72.3 Å². The molecule has 7 nitrogen and oxygen atoms in total. The number of aromatic nitrogens is 3. The van der Waals surface area contributed by atoms with E-state index in [1.165, 1.54) is 0 Å². The normalized spacial score (nSPS) is 16.0. The molecule has 1 saturated heterocycles. The highest BCUT2D eigenvalue weighted by molar-refractivity contribution is 6.05. The second-order valence-electron chi connectivity index (χ2n) is 7.69. The van der Waals surface area contributed by atoms with Crippen LogP contribution < -0.4 is 10.1 Å². The van der Waals surface area contributed by atoms with E-state index in [2.05, 4.69) is 29.2 Å². The maximum atomic E-state index is 13.7. The summed E-state index contributed by atoms with van der Waals surface area (Å²) in [4.78, 5) is 20.3. The number of nitrogens with zero attached hydrogens (tertiary/aromatic N) is 4. The summed E-state index contributed by atoms with van der Waals surface area (Å²) in [5.74, 6) is 0.795. The molecule has 2 aromatic heterocycles. The number of carbonyl (C=O) groups is 1. The minimum Gasteiger partial charge on any atom is -0.496 e. The number of aryl methyl sites for hydroxylation is 1. The second-order valence-corrected chi connectivity index (χ2v) is 7.69. The maximum absolute atomic E-state index is 13.7. The lowest BCUT2D eigenvalue weighted by Gasteiger charge is -2.37. The number of para-hydroxylation sites is 1. The molecule has 0 aliphatic carbocycles. The third-order valence-corrected chi connectivity index (χ3v) is 5.42. The number of carbonyl (C=O) groups excluding carboxylic acids is 1. The molecule has 3 heterocycles. The van der Waals surface area contributed by atoms with Crippen LogP contribution in [0.3, 0.4) is 0 Å². The summed E-state index contributed by atoms with van der Waals surface area (Å²) in [7, 11) is 1.66. The Bertz CT molecular complexity index is 1050. The van der Waals surface area contributed by atoms with Gasteiger partial charge in [0.05, 0.1) is 30.3 Å². The summed E-state index contributed by atoms with van der Waals surface area (Å²) in [6.07, 6.45) is 1.76. The molecule has 1 aliphatic heterocycles. The van der Waals surface area contributed by atoms with Crippen molar-refractivity contribution < 1.29 is 9.53 Å². The van der Waals surface area contributed by atoms with Crippen molar-refractivity contribution in [3.63, 3.8) is 0 Å². The van der Waals surface area contributed by atoms with Crippen LogP contribution in [0.25, 0.3) is 11.0 Å². The Morgan fingerprint density at radius 1 is 1.26 bits per heavy atom. The van der Waals surface area contributed by atoms with Crippen LogP contribution in [0.1, 0.15) is 47.5 Å². The van der Waals surface area contributed by atoms with Crippen molar-refractivity contribution in [2.45, 2.75) is 32.9 Å². The standard InChI is InChI=1S/C22H27N5O2.2ClH/c1-14(2)27-21-18(12-24-27)17(11-15(3)25-21)22(28)26-10-9-23-13-19(26)16-7-5-6-8-20(16)29-4;;/h5-8,11-12,14,19,23H,9-10,13H2,1-4H3;2*1H. The van der Waals surface area contributed by atoms with Crippen molar-refractivity contribution >= 4 is 41.8 Å². The highest BCUT2D eigenvalue weighted by Crippen LogP contribution is 2.32. The fourth-order valence-electron chi connectivity index (χ4n) is 4.02. The van der Waals surface area contributed by atoms with Gasteiger partial charge in [0, 0.05) is 36.9 Å². The van der Waals surface area contributed by atoms with Gasteiger partial charge in [0.1, 0.15) is 5.75 Å². The van der Waals surface area contributed by atoms with Crippen molar-refractivity contribution in [1.29, 1.82) is 0 Å². The Morgan fingerprint density at radius 2 is 2.00 bits per heavy atom. The fourth-order valence-corrected chi connectivity index (χ4v) is 4.02. The molecule has 168 valence electrons. The van der Waals surface area contributed by atoms with Crippen LogP contribution in [0.4, 0.5) is 0 Å². The van der Waals surface area contributed by atoms with E-state index in [9.17, 15) is 4.79 Å². The lowest BCUT2D eigenvalue weighted by Crippen LogP contribution is -2.48. The smallest absolute Gasteiger partial charge is 0.255 e. The van der Waals surface area contributed by atoms with E-state index in [1.54, 1.807) is 13.3 Å². The Balaban J connectivity index is 0.00000171. The quantitative estimate of drug-likeness (QED) is 0.630. The van der Waals surface area contributed by atoms with Crippen LogP contribution in [0.2, 0.25) is 0 Å². The zero-order valence-electron chi connectivity index (χ0n) is 18.2. The molecule has 1 aliphatic rings. The predicted octanol–water partition coefficient (Wildman–Crippen LogP) is 3.96. The van der Waals surface area contributed by atoms with Gasteiger partial charge in [-0.2, -0.15) is 5.10 Å². The van der Waals surface area contributed by atoms with Crippen LogP contribution in [-0.2, 0) is 0 Å². The zero-order valence-corrected chi connectivity index (χ0v) is 19.8. The maximum Gasteiger partial charge on any atom is 0.255 e. The Kier molecular flexibility index (Phi) is 8.28. The lowest BCUT2D eigenvalue weighted by molar-refractivity contribution is 0.0633. The molecule has 4 rings (SSSR count). The van der Waals surface area contributed by atoms with Gasteiger partial charge in [0.25, 0.3) is 5.91 Å². The van der Waals surface area contributed by atoms with Crippen molar-refractivity contribution in [3.8, 4) is 5.75 Å². The van der Waals surface area contributed by atoms with E-state index in [0.717, 1.165) is 34.6 Å². The van der Waals surface area contributed by atoms with Gasteiger partial charge in [-0.05, 0) is 32.9 Å². The molecular weight excluding hydrogens is 437 g/mol. The number of fused-ring (bicyclic) bond motifs is 1. The third kappa shape index (κ3) is 4.63. The molecule has 31 heavy (non-hydrogen) atoms. The molecule has 0 bridgehead atoms. The van der Waals surface area contributed by atoms with Crippen LogP contribution in [0.5, 0.6) is 5.75 Å². The van der Waals surface area contributed by atoms with Gasteiger partial charge >= 0.3 is 0 Å². The number of pyridine rings is 1. The Labute approximate surface area is 195 Å². The molecule has 0 radical (unpaired) electrons. The van der Waals surface area contributed by atoms with Gasteiger partial charge in [0.2, 0.25) is 0 Å². The average molecular weight is 466 g/mol. The highest BCUT2D eigenvalue weighted by Gasteiger charge is 2.32. The largest absolute Gasteiger partial charge is 0.496 e. The molecule has 9 heteroatoms. The minimum absolute atomic E-state index is 0. The molecule has 1 atom stereocenters. The number of methoxy groups -OCH3 is 1. The number of benzene rings is 1. The van der Waals surface area contributed by atoms with Crippen LogP contribution in [0.15, 0.2) is 36.5 Å². The van der Waals surface area contributed by atoms with E-state index in [4.69, 9.17) is 4.74 Å². The van der Waals surface area contributed by atoms with Crippen molar-refractivity contribution in [3.05, 3.63) is 53.3 Å². The van der Waals surface area contributed by atoms with Crippen molar-refractivity contribution in [2.75, 3.05) is 26.7 Å². The van der Waals surface area contributed by atoms with Gasteiger partial charge in [-0.15, -0.1) is 24.8 Å². The number of hydrogen-bond acceptors (Lipinski definition) is 5. The molecular formula is C22H29Cl2N5O2. The number of hydrogen-bond donors (Lipinski definition) is 1. The second kappa shape index (κ2) is 10.3. The summed E-state index contributed by atoms with van der Waals surface area (Å²) in [6, 6.07) is 9.84. The monoisotopic (exact) mass is 465 g/mol. The number of amides is 1. The summed E-state index contributed by atoms with van der Waals surface area (Å²) in [6.45, 7) is 8.12. The lowest BCUT2D eigenvalue weighted by atomic mass is 10.00. The first-order valence-corrected chi connectivity index (χ1v) is 10.0. The summed E-state index contributed by atoms with van der Waals surface area (Å²) in [5.41, 5.74) is 3.23. The highest BCUT2D eigenvalue weighted by atomic mass is 35.5. The van der Waals surface area contributed by atoms with Crippen LogP contribution in [0, 0.1) is 6.92 Å². The Morgan fingerprint density at radius 3 is 2.71 bits per heavy atom. The molecule has 1 aromatic carbocycles. The van der Waals surface area contributed by atoms with Gasteiger partial charge < -0.3 is 15.0 Å². The number of nitrogens with one attached hydrogen (secondary N) is 1. The fraction of sp³-hybridized carbons (Fsp3) is 0.409. The first-order valence-electron chi connectivity index (χ1n) is 10.0. The summed E-state index contributed by atoms with van der Waals surface area (Å²) >= 11 is 0. The van der Waals surface area contributed by atoms with Crippen molar-refractivity contribution in [2.24, 2.45) is 0 Å². The van der Waals surface area contributed by atoms with Gasteiger partial charge in [0.15, 0.2) is 5.65 Å². The number of piperazine rings is 1. The van der Waals surface area contributed by atoms with Crippen LogP contribution in [-0.4, -0.2) is 52.3 Å².